The normalized spacial score (nSPS) is 16.0. The first-order valence-electron chi connectivity index (χ1n) is 3.06. The van der Waals surface area contributed by atoms with Crippen molar-refractivity contribution in [2.45, 2.75) is 6.92 Å². The lowest BCUT2D eigenvalue weighted by Gasteiger charge is -2.13. The van der Waals surface area contributed by atoms with Crippen molar-refractivity contribution in [3.8, 4) is 0 Å². The maximum Gasteiger partial charge on any atom is 0.225 e. The highest BCUT2D eigenvalue weighted by Gasteiger charge is 2.13. The Balaban J connectivity index is 2.55. The molecule has 0 atom stereocenters. The molecule has 1 N–H and O–H groups in total. The average molecular weight is 142 g/mol. The van der Waals surface area contributed by atoms with E-state index in [1.54, 1.807) is 13.1 Å². The monoisotopic (exact) mass is 142 g/mol. The van der Waals surface area contributed by atoms with Crippen LogP contribution < -0.4 is 5.48 Å². The van der Waals surface area contributed by atoms with Crippen LogP contribution in [0.2, 0.25) is 0 Å². The highest BCUT2D eigenvalue weighted by atomic mass is 16.7. The van der Waals surface area contributed by atoms with Crippen LogP contribution in [0.25, 0.3) is 0 Å². The third-order valence-electron chi connectivity index (χ3n) is 1.34. The number of nitrogens with zero attached hydrogens (tertiary/aromatic N) is 1. The lowest BCUT2D eigenvalue weighted by atomic mass is 10.5. The van der Waals surface area contributed by atoms with Gasteiger partial charge in [-0.05, 0) is 6.08 Å². The van der Waals surface area contributed by atoms with E-state index >= 15 is 0 Å². The second-order valence-corrected chi connectivity index (χ2v) is 2.07. The summed E-state index contributed by atoms with van der Waals surface area (Å²) in [6.45, 7) is 2.15. The van der Waals surface area contributed by atoms with Crippen molar-refractivity contribution in [1.82, 2.24) is 10.4 Å². The van der Waals surface area contributed by atoms with E-state index in [0.29, 0.717) is 12.4 Å². The van der Waals surface area contributed by atoms with Crippen LogP contribution in [-0.4, -0.2) is 24.4 Å². The van der Waals surface area contributed by atoms with Gasteiger partial charge in [0.1, 0.15) is 0 Å². The van der Waals surface area contributed by atoms with Crippen LogP contribution in [0.4, 0.5) is 0 Å². The molecule has 0 aliphatic carbocycles. The van der Waals surface area contributed by atoms with E-state index in [9.17, 15) is 4.79 Å². The summed E-state index contributed by atoms with van der Waals surface area (Å²) in [6, 6.07) is 0. The van der Waals surface area contributed by atoms with E-state index in [-0.39, 0.29) is 5.91 Å². The first-order valence-corrected chi connectivity index (χ1v) is 3.06. The number of hydroxylamine groups is 1. The van der Waals surface area contributed by atoms with E-state index in [4.69, 9.17) is 4.84 Å². The minimum atomic E-state index is -0.0325. The molecule has 0 fully saturated rings. The summed E-state index contributed by atoms with van der Waals surface area (Å²) in [6.07, 6.45) is 1.81. The number of rotatable bonds is 1. The van der Waals surface area contributed by atoms with E-state index in [1.165, 1.54) is 11.8 Å². The molecule has 0 saturated heterocycles. The predicted octanol–water partition coefficient (Wildman–Crippen LogP) is -0.159. The van der Waals surface area contributed by atoms with Crippen molar-refractivity contribution in [2.75, 3.05) is 13.6 Å². The fourth-order valence-corrected chi connectivity index (χ4v) is 0.647. The molecule has 1 heterocycles. The van der Waals surface area contributed by atoms with Gasteiger partial charge in [0.05, 0.1) is 6.54 Å². The van der Waals surface area contributed by atoms with Gasteiger partial charge in [-0.3, -0.25) is 9.69 Å². The maximum absolute atomic E-state index is 10.7. The number of hydrogen-bond acceptors (Lipinski definition) is 3. The molecule has 0 aromatic heterocycles. The Labute approximate surface area is 59.4 Å². The van der Waals surface area contributed by atoms with Gasteiger partial charge in [-0.1, -0.05) is 0 Å². The highest BCUT2D eigenvalue weighted by Crippen LogP contribution is 2.05. The molecule has 10 heavy (non-hydrogen) atoms. The Morgan fingerprint density at radius 2 is 2.60 bits per heavy atom. The zero-order valence-electron chi connectivity index (χ0n) is 6.05. The van der Waals surface area contributed by atoms with Crippen LogP contribution >= 0.6 is 0 Å². The SMILES string of the molecule is CC(=O)N(C)C1=CCNO1. The standard InChI is InChI=1S/C6H10N2O2/c1-5(9)8(2)6-3-4-7-10-6/h3,7H,4H2,1-2H3. The molecular weight excluding hydrogens is 132 g/mol. The molecule has 0 radical (unpaired) electrons. The Bertz CT molecular complexity index is 177. The Kier molecular flexibility index (Phi) is 1.91. The van der Waals surface area contributed by atoms with E-state index in [1.807, 2.05) is 0 Å². The van der Waals surface area contributed by atoms with Crippen molar-refractivity contribution in [2.24, 2.45) is 0 Å². The van der Waals surface area contributed by atoms with Crippen LogP contribution in [0.5, 0.6) is 0 Å². The first kappa shape index (κ1) is 7.08. The zero-order chi connectivity index (χ0) is 7.56. The van der Waals surface area contributed by atoms with Crippen molar-refractivity contribution < 1.29 is 9.63 Å². The van der Waals surface area contributed by atoms with Gasteiger partial charge in [0, 0.05) is 14.0 Å². The predicted molar refractivity (Wildman–Crippen MR) is 35.6 cm³/mol. The molecule has 1 aliphatic rings. The molecule has 0 aromatic rings. The summed E-state index contributed by atoms with van der Waals surface area (Å²) in [4.78, 5) is 17.0. The molecule has 0 spiro atoms. The van der Waals surface area contributed by atoms with Crippen molar-refractivity contribution in [3.63, 3.8) is 0 Å². The van der Waals surface area contributed by atoms with Crippen LogP contribution in [0.3, 0.4) is 0 Å². The maximum atomic E-state index is 10.7. The fraction of sp³-hybridized carbons (Fsp3) is 0.500. The van der Waals surface area contributed by atoms with Gasteiger partial charge in [0.25, 0.3) is 0 Å². The summed E-state index contributed by atoms with van der Waals surface area (Å²) in [5, 5.41) is 0. The Morgan fingerprint density at radius 1 is 1.90 bits per heavy atom. The minimum absolute atomic E-state index is 0.0325. The highest BCUT2D eigenvalue weighted by molar-refractivity contribution is 5.74. The van der Waals surface area contributed by atoms with Crippen LogP contribution in [0, 0.1) is 0 Å². The second-order valence-electron chi connectivity index (χ2n) is 2.07. The number of nitrogens with one attached hydrogen (secondary N) is 1. The van der Waals surface area contributed by atoms with Crippen LogP contribution in [0.15, 0.2) is 12.0 Å². The first-order chi connectivity index (χ1) is 4.72. The molecule has 1 aliphatic heterocycles. The van der Waals surface area contributed by atoms with Crippen molar-refractivity contribution in [3.05, 3.63) is 12.0 Å². The molecule has 56 valence electrons. The summed E-state index contributed by atoms with van der Waals surface area (Å²) in [7, 11) is 1.67. The molecule has 1 amide bonds. The number of carbonyl (C=O) groups excluding carboxylic acids is 1. The zero-order valence-corrected chi connectivity index (χ0v) is 6.05. The third kappa shape index (κ3) is 1.27. The van der Waals surface area contributed by atoms with Crippen LogP contribution in [-0.2, 0) is 9.63 Å². The molecule has 0 bridgehead atoms. The number of carbonyl (C=O) groups is 1. The molecular formula is C6H10N2O2. The van der Waals surface area contributed by atoms with Gasteiger partial charge in [-0.15, -0.1) is 0 Å². The van der Waals surface area contributed by atoms with E-state index in [0.717, 1.165) is 0 Å². The smallest absolute Gasteiger partial charge is 0.225 e. The quantitative estimate of drug-likeness (QED) is 0.553. The van der Waals surface area contributed by atoms with Gasteiger partial charge < -0.3 is 4.84 Å². The van der Waals surface area contributed by atoms with Crippen molar-refractivity contribution in [1.29, 1.82) is 0 Å². The molecule has 0 saturated carbocycles. The van der Waals surface area contributed by atoms with E-state index < -0.39 is 0 Å². The lowest BCUT2D eigenvalue weighted by molar-refractivity contribution is -0.128. The fourth-order valence-electron chi connectivity index (χ4n) is 0.647. The van der Waals surface area contributed by atoms with Gasteiger partial charge in [-0.2, -0.15) is 5.48 Å². The summed E-state index contributed by atoms with van der Waals surface area (Å²) in [5.41, 5.74) is 2.62. The Hall–Kier alpha value is -1.03. The third-order valence-corrected chi connectivity index (χ3v) is 1.34. The van der Waals surface area contributed by atoms with Gasteiger partial charge in [-0.25, -0.2) is 0 Å². The summed E-state index contributed by atoms with van der Waals surface area (Å²) >= 11 is 0. The molecule has 4 nitrogen and oxygen atoms in total. The van der Waals surface area contributed by atoms with Crippen LogP contribution in [0.1, 0.15) is 6.92 Å². The molecule has 0 unspecified atom stereocenters. The van der Waals surface area contributed by atoms with Gasteiger partial charge >= 0.3 is 0 Å². The number of amides is 1. The lowest BCUT2D eigenvalue weighted by Crippen LogP contribution is -2.24. The topological polar surface area (TPSA) is 41.6 Å². The van der Waals surface area contributed by atoms with Gasteiger partial charge in [0.15, 0.2) is 0 Å². The van der Waals surface area contributed by atoms with Gasteiger partial charge in [0.2, 0.25) is 11.8 Å². The van der Waals surface area contributed by atoms with Crippen molar-refractivity contribution >= 4 is 5.91 Å². The summed E-state index contributed by atoms with van der Waals surface area (Å²) in [5.74, 6) is 0.544. The molecule has 0 aromatic carbocycles. The van der Waals surface area contributed by atoms with E-state index in [2.05, 4.69) is 5.48 Å². The molecule has 4 heteroatoms. The second kappa shape index (κ2) is 2.70. The number of hydrogen-bond donors (Lipinski definition) is 1. The minimum Gasteiger partial charge on any atom is -0.390 e. The average Bonchev–Trinajstić information content (AvgIpc) is 2.36. The molecule has 1 rings (SSSR count). The largest absolute Gasteiger partial charge is 0.390 e. The Morgan fingerprint density at radius 3 is 3.00 bits per heavy atom. The summed E-state index contributed by atoms with van der Waals surface area (Å²) < 4.78 is 0.